The molecule has 1 fully saturated rings. The minimum atomic E-state index is -2.36. The van der Waals surface area contributed by atoms with Crippen LogP contribution in [0.25, 0.3) is 0 Å². The zero-order chi connectivity index (χ0) is 26.6. The fourth-order valence-corrected chi connectivity index (χ4v) is 3.33. The molecule has 15 nitrogen and oxygen atoms in total. The molecule has 1 heterocycles. The molecule has 0 aromatic carbocycles. The van der Waals surface area contributed by atoms with E-state index in [4.69, 9.17) is 23.7 Å². The van der Waals surface area contributed by atoms with Crippen molar-refractivity contribution in [3.05, 3.63) is 0 Å². The first kappa shape index (κ1) is 30.9. The van der Waals surface area contributed by atoms with Crippen LogP contribution in [0.2, 0.25) is 0 Å². The number of carbonyl (C=O) groups excluding carboxylic acids is 2. The van der Waals surface area contributed by atoms with Gasteiger partial charge in [0.05, 0.1) is 38.6 Å². The van der Waals surface area contributed by atoms with Crippen molar-refractivity contribution >= 4 is 18.0 Å². The number of nitrogens with one attached hydrogen (secondary N) is 1. The van der Waals surface area contributed by atoms with Gasteiger partial charge in [-0.3, -0.25) is 4.79 Å². The van der Waals surface area contributed by atoms with Crippen molar-refractivity contribution in [2.75, 3.05) is 60.3 Å². The summed E-state index contributed by atoms with van der Waals surface area (Å²) in [6, 6.07) is -1.41. The van der Waals surface area contributed by atoms with Crippen molar-refractivity contribution < 1.29 is 63.6 Å². The van der Waals surface area contributed by atoms with Crippen LogP contribution in [0.4, 0.5) is 4.79 Å². The number of methoxy groups -OCH3 is 1. The molecule has 0 spiro atoms. The highest BCUT2D eigenvalue weighted by Crippen LogP contribution is 2.33. The number of aliphatic carboxylic acids is 1. The van der Waals surface area contributed by atoms with E-state index in [1.807, 2.05) is 0 Å². The Kier molecular flexibility index (Phi) is 13.3. The summed E-state index contributed by atoms with van der Waals surface area (Å²) in [5.74, 6) is -4.75. The summed E-state index contributed by atoms with van der Waals surface area (Å²) in [6.07, 6.45) is -8.40. The third kappa shape index (κ3) is 9.12. The van der Waals surface area contributed by atoms with E-state index >= 15 is 0 Å². The summed E-state index contributed by atoms with van der Waals surface area (Å²) in [5.41, 5.74) is 0. The minimum absolute atomic E-state index is 0.0638. The van der Waals surface area contributed by atoms with Crippen LogP contribution in [0, 0.1) is 0 Å². The van der Waals surface area contributed by atoms with Crippen LogP contribution in [0.3, 0.4) is 0 Å². The standard InChI is InChI=1S/C20H36N2O13/c1-4-34-20(18(28)29)9-12(24)15(17(35-20)16(27)13(25)11-23)21-14(26)10-22(2)19(30)33-8-7-32-6-5-31-3/h12-13,15-17,23-25,27H,4-11H2,1-3H3,(H,21,26)(H,28,29)/t12-,13-,15?,16-,17?,20-/m1/s1. The molecule has 204 valence electrons. The van der Waals surface area contributed by atoms with Crippen LogP contribution < -0.4 is 5.32 Å². The maximum atomic E-state index is 12.5. The van der Waals surface area contributed by atoms with Crippen LogP contribution in [0.1, 0.15) is 13.3 Å². The van der Waals surface area contributed by atoms with Crippen LogP contribution in [0.15, 0.2) is 0 Å². The second-order valence-corrected chi connectivity index (χ2v) is 7.75. The number of likely N-dealkylation sites (N-methyl/N-ethyl adjacent to an activating group) is 1. The van der Waals surface area contributed by atoms with Gasteiger partial charge in [-0.2, -0.15) is 0 Å². The second-order valence-electron chi connectivity index (χ2n) is 7.75. The lowest BCUT2D eigenvalue weighted by Crippen LogP contribution is -2.68. The van der Waals surface area contributed by atoms with E-state index in [2.05, 4.69) is 5.32 Å². The number of aliphatic hydroxyl groups is 4. The molecule has 2 unspecified atom stereocenters. The second kappa shape index (κ2) is 15.1. The summed E-state index contributed by atoms with van der Waals surface area (Å²) < 4.78 is 25.6. The normalized spacial score (nSPS) is 26.0. The highest BCUT2D eigenvalue weighted by atomic mass is 16.7. The number of hydrogen-bond acceptors (Lipinski definition) is 12. The summed E-state index contributed by atoms with van der Waals surface area (Å²) >= 11 is 0. The van der Waals surface area contributed by atoms with E-state index in [0.29, 0.717) is 13.2 Å². The van der Waals surface area contributed by atoms with Crippen LogP contribution >= 0.6 is 0 Å². The van der Waals surface area contributed by atoms with Gasteiger partial charge in [0.25, 0.3) is 5.79 Å². The average Bonchev–Trinajstić information content (AvgIpc) is 2.81. The predicted molar refractivity (Wildman–Crippen MR) is 115 cm³/mol. The van der Waals surface area contributed by atoms with E-state index in [-0.39, 0.29) is 19.8 Å². The fourth-order valence-electron chi connectivity index (χ4n) is 3.33. The third-order valence-corrected chi connectivity index (χ3v) is 5.10. The highest BCUT2D eigenvalue weighted by molar-refractivity contribution is 5.82. The Morgan fingerprint density at radius 2 is 1.86 bits per heavy atom. The lowest BCUT2D eigenvalue weighted by Gasteiger charge is -2.46. The molecule has 6 atom stereocenters. The molecule has 0 radical (unpaired) electrons. The monoisotopic (exact) mass is 512 g/mol. The quantitative estimate of drug-likeness (QED) is 0.120. The number of rotatable bonds is 15. The first-order chi connectivity index (χ1) is 16.5. The van der Waals surface area contributed by atoms with Gasteiger partial charge in [0, 0.05) is 27.2 Å². The van der Waals surface area contributed by atoms with Gasteiger partial charge in [0.2, 0.25) is 5.91 Å². The predicted octanol–water partition coefficient (Wildman–Crippen LogP) is -3.12. The number of carboxylic acid groups (broad SMARTS) is 1. The summed E-state index contributed by atoms with van der Waals surface area (Å²) in [4.78, 5) is 37.3. The van der Waals surface area contributed by atoms with Gasteiger partial charge in [-0.1, -0.05) is 0 Å². The van der Waals surface area contributed by atoms with Gasteiger partial charge in [0.15, 0.2) is 0 Å². The number of hydrogen-bond donors (Lipinski definition) is 6. The van der Waals surface area contributed by atoms with Crippen molar-refractivity contribution in [3.63, 3.8) is 0 Å². The zero-order valence-electron chi connectivity index (χ0n) is 20.0. The van der Waals surface area contributed by atoms with E-state index in [0.717, 1.165) is 4.90 Å². The molecular formula is C20H36N2O13. The third-order valence-electron chi connectivity index (χ3n) is 5.10. The maximum Gasteiger partial charge on any atom is 0.410 e. The molecule has 6 N–H and O–H groups in total. The molecule has 0 aromatic rings. The average molecular weight is 513 g/mol. The van der Waals surface area contributed by atoms with Gasteiger partial charge in [0.1, 0.15) is 31.5 Å². The number of carboxylic acids is 1. The van der Waals surface area contributed by atoms with E-state index in [1.54, 1.807) is 0 Å². The smallest absolute Gasteiger partial charge is 0.410 e. The molecule has 1 aliphatic rings. The minimum Gasteiger partial charge on any atom is -0.477 e. The highest BCUT2D eigenvalue weighted by Gasteiger charge is 2.55. The van der Waals surface area contributed by atoms with E-state index in [1.165, 1.54) is 21.1 Å². The Balaban J connectivity index is 2.82. The number of aliphatic hydroxyl groups excluding tert-OH is 4. The Morgan fingerprint density at radius 1 is 1.20 bits per heavy atom. The number of nitrogens with zero attached hydrogens (tertiary/aromatic N) is 1. The molecule has 1 rings (SSSR count). The first-order valence-electron chi connectivity index (χ1n) is 11.0. The molecule has 1 saturated heterocycles. The largest absolute Gasteiger partial charge is 0.477 e. The maximum absolute atomic E-state index is 12.5. The Hall–Kier alpha value is -2.11. The zero-order valence-corrected chi connectivity index (χ0v) is 20.0. The van der Waals surface area contributed by atoms with Crippen molar-refractivity contribution in [1.82, 2.24) is 10.2 Å². The molecule has 15 heteroatoms. The van der Waals surface area contributed by atoms with Gasteiger partial charge < -0.3 is 59.4 Å². The van der Waals surface area contributed by atoms with E-state index in [9.17, 15) is 39.9 Å². The molecule has 0 aliphatic carbocycles. The van der Waals surface area contributed by atoms with Gasteiger partial charge >= 0.3 is 12.1 Å². The molecule has 0 aromatic heterocycles. The van der Waals surface area contributed by atoms with Crippen molar-refractivity contribution in [1.29, 1.82) is 0 Å². The summed E-state index contributed by atoms with van der Waals surface area (Å²) in [7, 11) is 2.80. The van der Waals surface area contributed by atoms with Gasteiger partial charge in [-0.25, -0.2) is 9.59 Å². The Morgan fingerprint density at radius 3 is 2.43 bits per heavy atom. The number of amides is 2. The molecular weight excluding hydrogens is 476 g/mol. The van der Waals surface area contributed by atoms with Crippen molar-refractivity contribution in [2.45, 2.75) is 49.6 Å². The lowest BCUT2D eigenvalue weighted by molar-refractivity contribution is -0.310. The number of ether oxygens (including phenoxy) is 5. The van der Waals surface area contributed by atoms with Gasteiger partial charge in [-0.15, -0.1) is 0 Å². The van der Waals surface area contributed by atoms with Crippen LogP contribution in [-0.2, 0) is 33.3 Å². The van der Waals surface area contributed by atoms with Crippen molar-refractivity contribution in [3.8, 4) is 0 Å². The Labute approximate surface area is 202 Å². The van der Waals surface area contributed by atoms with Gasteiger partial charge in [-0.05, 0) is 6.92 Å². The molecule has 0 bridgehead atoms. The first-order valence-corrected chi connectivity index (χ1v) is 11.0. The van der Waals surface area contributed by atoms with Crippen LogP contribution in [-0.4, -0.2) is 145 Å². The van der Waals surface area contributed by atoms with Crippen LogP contribution in [0.5, 0.6) is 0 Å². The molecule has 1 aliphatic heterocycles. The van der Waals surface area contributed by atoms with Crippen molar-refractivity contribution in [2.24, 2.45) is 0 Å². The summed E-state index contributed by atoms with van der Waals surface area (Å²) in [5, 5.41) is 52.1. The summed E-state index contributed by atoms with van der Waals surface area (Å²) in [6.45, 7) is 0.708. The fraction of sp³-hybridized carbons (Fsp3) is 0.850. The van der Waals surface area contributed by atoms with E-state index < -0.39 is 73.8 Å². The molecule has 0 saturated carbocycles. The molecule has 35 heavy (non-hydrogen) atoms. The molecule has 2 amide bonds. The lowest BCUT2D eigenvalue weighted by atomic mass is 9.88. The number of carbonyl (C=O) groups is 3. The Bertz CT molecular complexity index is 681. The SMILES string of the molecule is CCO[C@]1(C(=O)O)C[C@@H](O)C(NC(=O)CN(C)C(=O)OCCOCCOC)C([C@H](O)[C@H](O)CO)O1. The topological polar surface area (TPSA) is 214 Å².